The SMILES string of the molecule is COc1ccc(C(NC(=O)CC2Sc3ccc(Cl)cc3NC2=O)C2CC2)cc1. The molecule has 2 amide bonds. The fraction of sp³-hybridized carbons (Fsp3) is 0.333. The molecule has 2 aliphatic rings. The summed E-state index contributed by atoms with van der Waals surface area (Å²) in [5.74, 6) is 0.965. The molecule has 1 aliphatic heterocycles. The van der Waals surface area contributed by atoms with Crippen LogP contribution in [0.15, 0.2) is 47.4 Å². The van der Waals surface area contributed by atoms with Gasteiger partial charge in [0, 0.05) is 16.3 Å². The van der Waals surface area contributed by atoms with Crippen LogP contribution >= 0.6 is 23.4 Å². The van der Waals surface area contributed by atoms with Crippen LogP contribution in [-0.2, 0) is 9.59 Å². The summed E-state index contributed by atoms with van der Waals surface area (Å²) in [5.41, 5.74) is 1.77. The molecule has 0 aromatic heterocycles. The molecule has 1 fully saturated rings. The molecule has 1 aliphatic carbocycles. The molecule has 0 saturated heterocycles. The Morgan fingerprint density at radius 3 is 2.71 bits per heavy atom. The number of thioether (sulfide) groups is 1. The highest BCUT2D eigenvalue weighted by molar-refractivity contribution is 8.01. The van der Waals surface area contributed by atoms with E-state index in [2.05, 4.69) is 10.6 Å². The van der Waals surface area contributed by atoms with Crippen molar-refractivity contribution in [1.82, 2.24) is 5.32 Å². The van der Waals surface area contributed by atoms with E-state index in [0.29, 0.717) is 16.6 Å². The van der Waals surface area contributed by atoms with Crippen molar-refractivity contribution in [1.29, 1.82) is 0 Å². The number of anilines is 1. The van der Waals surface area contributed by atoms with Gasteiger partial charge in [-0.1, -0.05) is 23.7 Å². The second-order valence-electron chi connectivity index (χ2n) is 7.10. The Bertz CT molecular complexity index is 899. The zero-order valence-electron chi connectivity index (χ0n) is 15.4. The summed E-state index contributed by atoms with van der Waals surface area (Å²) in [5, 5.41) is 6.11. The van der Waals surface area contributed by atoms with E-state index in [1.807, 2.05) is 30.3 Å². The van der Waals surface area contributed by atoms with Crippen molar-refractivity contribution in [3.63, 3.8) is 0 Å². The molecule has 1 saturated carbocycles. The first-order chi connectivity index (χ1) is 13.5. The first-order valence-electron chi connectivity index (χ1n) is 9.24. The van der Waals surface area contributed by atoms with Crippen LogP contribution < -0.4 is 15.4 Å². The highest BCUT2D eigenvalue weighted by atomic mass is 35.5. The molecule has 1 heterocycles. The number of ether oxygens (including phenoxy) is 1. The molecule has 0 bridgehead atoms. The Morgan fingerprint density at radius 2 is 2.04 bits per heavy atom. The van der Waals surface area contributed by atoms with Crippen molar-refractivity contribution in [3.8, 4) is 5.75 Å². The van der Waals surface area contributed by atoms with Gasteiger partial charge in [-0.3, -0.25) is 9.59 Å². The maximum atomic E-state index is 12.7. The predicted octanol–water partition coefficient (Wildman–Crippen LogP) is 4.42. The Kier molecular flexibility index (Phi) is 5.51. The molecule has 0 radical (unpaired) electrons. The Labute approximate surface area is 173 Å². The lowest BCUT2D eigenvalue weighted by atomic mass is 10.0. The van der Waals surface area contributed by atoms with Crippen LogP contribution in [0.4, 0.5) is 5.69 Å². The number of amides is 2. The van der Waals surface area contributed by atoms with Gasteiger partial charge in [0.15, 0.2) is 0 Å². The molecule has 0 spiro atoms. The third kappa shape index (κ3) is 4.28. The molecule has 2 aromatic carbocycles. The maximum absolute atomic E-state index is 12.7. The minimum atomic E-state index is -0.454. The number of hydrogen-bond donors (Lipinski definition) is 2. The van der Waals surface area contributed by atoms with Gasteiger partial charge in [0.25, 0.3) is 0 Å². The number of fused-ring (bicyclic) bond motifs is 1. The number of halogens is 1. The van der Waals surface area contributed by atoms with E-state index in [9.17, 15) is 9.59 Å². The van der Waals surface area contributed by atoms with Gasteiger partial charge in [-0.25, -0.2) is 0 Å². The van der Waals surface area contributed by atoms with Gasteiger partial charge in [0.2, 0.25) is 11.8 Å². The highest BCUT2D eigenvalue weighted by Gasteiger charge is 2.35. The molecule has 5 nitrogen and oxygen atoms in total. The monoisotopic (exact) mass is 416 g/mol. The summed E-state index contributed by atoms with van der Waals surface area (Å²) in [7, 11) is 1.63. The van der Waals surface area contributed by atoms with Gasteiger partial charge >= 0.3 is 0 Å². The van der Waals surface area contributed by atoms with Crippen molar-refractivity contribution in [2.75, 3.05) is 12.4 Å². The van der Waals surface area contributed by atoms with E-state index in [1.54, 1.807) is 19.2 Å². The van der Waals surface area contributed by atoms with Crippen LogP contribution in [0, 0.1) is 5.92 Å². The van der Waals surface area contributed by atoms with E-state index < -0.39 is 5.25 Å². The molecule has 7 heteroatoms. The Morgan fingerprint density at radius 1 is 1.29 bits per heavy atom. The minimum Gasteiger partial charge on any atom is -0.497 e. The van der Waals surface area contributed by atoms with E-state index in [4.69, 9.17) is 16.3 Å². The quantitative estimate of drug-likeness (QED) is 0.731. The lowest BCUT2D eigenvalue weighted by molar-refractivity contribution is -0.124. The van der Waals surface area contributed by atoms with Gasteiger partial charge in [-0.15, -0.1) is 11.8 Å². The Hall–Kier alpha value is -2.18. The fourth-order valence-corrected chi connectivity index (χ4v) is 4.63. The van der Waals surface area contributed by atoms with Crippen molar-refractivity contribution in [2.45, 2.75) is 35.4 Å². The summed E-state index contributed by atoms with van der Waals surface area (Å²) >= 11 is 7.39. The molecular weight excluding hydrogens is 396 g/mol. The van der Waals surface area contributed by atoms with Crippen molar-refractivity contribution >= 4 is 40.9 Å². The van der Waals surface area contributed by atoms with Crippen LogP contribution in [-0.4, -0.2) is 24.2 Å². The molecule has 28 heavy (non-hydrogen) atoms. The number of carbonyl (C=O) groups is 2. The van der Waals surface area contributed by atoms with Gasteiger partial charge in [-0.05, 0) is 54.7 Å². The van der Waals surface area contributed by atoms with Crippen LogP contribution in [0.25, 0.3) is 0 Å². The molecule has 146 valence electrons. The first kappa shape index (κ1) is 19.2. The van der Waals surface area contributed by atoms with Crippen LogP contribution in [0.3, 0.4) is 0 Å². The first-order valence-corrected chi connectivity index (χ1v) is 10.5. The highest BCUT2D eigenvalue weighted by Crippen LogP contribution is 2.42. The number of rotatable bonds is 6. The second-order valence-corrected chi connectivity index (χ2v) is 8.78. The summed E-state index contributed by atoms with van der Waals surface area (Å²) in [6.45, 7) is 0. The zero-order valence-corrected chi connectivity index (χ0v) is 17.0. The second kappa shape index (κ2) is 8.05. The summed E-state index contributed by atoms with van der Waals surface area (Å²) < 4.78 is 5.21. The molecule has 2 unspecified atom stereocenters. The number of hydrogen-bond acceptors (Lipinski definition) is 4. The maximum Gasteiger partial charge on any atom is 0.238 e. The number of benzene rings is 2. The van der Waals surface area contributed by atoms with Gasteiger partial charge in [0.1, 0.15) is 5.75 Å². The van der Waals surface area contributed by atoms with Crippen LogP contribution in [0.5, 0.6) is 5.75 Å². The normalized spacial score (nSPS) is 19.4. The van der Waals surface area contributed by atoms with E-state index in [1.165, 1.54) is 11.8 Å². The smallest absolute Gasteiger partial charge is 0.238 e. The lowest BCUT2D eigenvalue weighted by Gasteiger charge is -2.25. The number of methoxy groups -OCH3 is 1. The van der Waals surface area contributed by atoms with Gasteiger partial charge in [-0.2, -0.15) is 0 Å². The predicted molar refractivity (Wildman–Crippen MR) is 111 cm³/mol. The summed E-state index contributed by atoms with van der Waals surface area (Å²) in [6.07, 6.45) is 2.34. The van der Waals surface area contributed by atoms with Crippen molar-refractivity contribution in [3.05, 3.63) is 53.1 Å². The molecule has 2 N–H and O–H groups in total. The minimum absolute atomic E-state index is 0.0267. The standard InChI is InChI=1S/C21H21ClN2O3S/c1-27-15-7-4-13(5-8-15)20(12-2-3-12)24-19(25)11-18-21(26)23-16-10-14(22)6-9-17(16)28-18/h4-10,12,18,20H,2-3,11H2,1H3,(H,23,26)(H,24,25). The third-order valence-electron chi connectivity index (χ3n) is 5.02. The molecule has 2 atom stereocenters. The Balaban J connectivity index is 1.42. The van der Waals surface area contributed by atoms with Crippen LogP contribution in [0.2, 0.25) is 5.02 Å². The molecule has 2 aromatic rings. The molecule has 4 rings (SSSR count). The fourth-order valence-electron chi connectivity index (χ4n) is 3.37. The largest absolute Gasteiger partial charge is 0.497 e. The number of carbonyl (C=O) groups excluding carboxylic acids is 2. The van der Waals surface area contributed by atoms with Crippen LogP contribution in [0.1, 0.15) is 30.9 Å². The summed E-state index contributed by atoms with van der Waals surface area (Å²) in [4.78, 5) is 26.0. The topological polar surface area (TPSA) is 67.4 Å². The van der Waals surface area contributed by atoms with Gasteiger partial charge < -0.3 is 15.4 Å². The summed E-state index contributed by atoms with van der Waals surface area (Å²) in [6, 6.07) is 13.2. The molecular formula is C21H21ClN2O3S. The van der Waals surface area contributed by atoms with E-state index in [-0.39, 0.29) is 24.3 Å². The third-order valence-corrected chi connectivity index (χ3v) is 6.53. The van der Waals surface area contributed by atoms with Crippen molar-refractivity contribution < 1.29 is 14.3 Å². The zero-order chi connectivity index (χ0) is 19.7. The average molecular weight is 417 g/mol. The average Bonchev–Trinajstić information content (AvgIpc) is 3.52. The van der Waals surface area contributed by atoms with Crippen molar-refractivity contribution in [2.24, 2.45) is 5.92 Å². The lowest BCUT2D eigenvalue weighted by Crippen LogP contribution is -2.36. The van der Waals surface area contributed by atoms with E-state index >= 15 is 0 Å². The number of nitrogens with one attached hydrogen (secondary N) is 2. The van der Waals surface area contributed by atoms with Gasteiger partial charge in [0.05, 0.1) is 24.1 Å². The van der Waals surface area contributed by atoms with E-state index in [0.717, 1.165) is 29.1 Å².